The van der Waals surface area contributed by atoms with E-state index in [1.165, 1.54) is 69.5 Å². The minimum Gasteiger partial charge on any atom is -0.286 e. The van der Waals surface area contributed by atoms with Crippen LogP contribution in [0.3, 0.4) is 0 Å². The average Bonchev–Trinajstić information content (AvgIpc) is 2.80. The summed E-state index contributed by atoms with van der Waals surface area (Å²) in [5, 5.41) is 2.15. The summed E-state index contributed by atoms with van der Waals surface area (Å²) in [5.41, 5.74) is 0. The van der Waals surface area contributed by atoms with Crippen LogP contribution in [0.15, 0.2) is 0 Å². The van der Waals surface area contributed by atoms with Gasteiger partial charge in [0.25, 0.3) is 5.24 Å². The zero-order chi connectivity index (χ0) is 15.5. The summed E-state index contributed by atoms with van der Waals surface area (Å²) in [6, 6.07) is 0. The van der Waals surface area contributed by atoms with Crippen molar-refractivity contribution >= 4 is 22.9 Å². The Morgan fingerprint density at radius 2 is 1.43 bits per heavy atom. The van der Waals surface area contributed by atoms with Crippen LogP contribution in [0.1, 0.15) is 84.5 Å². The molecule has 122 valence electrons. The number of thioether (sulfide) groups is 1. The Balaban J connectivity index is 2.37. The molecule has 0 aliphatic carbocycles. The summed E-state index contributed by atoms with van der Waals surface area (Å²) in [7, 11) is 0. The Morgan fingerprint density at radius 1 is 0.905 bits per heavy atom. The zero-order valence-electron chi connectivity index (χ0n) is 13.7. The van der Waals surface area contributed by atoms with Gasteiger partial charge in [0.05, 0.1) is 5.25 Å². The molecule has 3 nitrogen and oxygen atoms in total. The van der Waals surface area contributed by atoms with Crippen molar-refractivity contribution in [1.29, 1.82) is 0 Å². The molecule has 21 heavy (non-hydrogen) atoms. The van der Waals surface area contributed by atoms with E-state index in [2.05, 4.69) is 19.2 Å². The predicted molar refractivity (Wildman–Crippen MR) is 90.5 cm³/mol. The number of rotatable bonds is 12. The van der Waals surface area contributed by atoms with Crippen molar-refractivity contribution in [3.8, 4) is 0 Å². The van der Waals surface area contributed by atoms with Crippen molar-refractivity contribution in [2.45, 2.75) is 89.7 Å². The van der Waals surface area contributed by atoms with Crippen molar-refractivity contribution in [1.82, 2.24) is 5.32 Å². The minimum absolute atomic E-state index is 0.0564. The van der Waals surface area contributed by atoms with Gasteiger partial charge in [0.2, 0.25) is 5.91 Å². The van der Waals surface area contributed by atoms with Gasteiger partial charge in [-0.2, -0.15) is 0 Å². The van der Waals surface area contributed by atoms with Crippen LogP contribution in [0, 0.1) is 5.92 Å². The molecule has 0 spiro atoms. The number of hydrogen-bond donors (Lipinski definition) is 1. The standard InChI is InChI=1S/C17H31NO2S/c1-3-5-7-9-11-13-14(12-10-8-6-4-2)15-16(19)18-17(20)21-15/h14-15H,3-13H2,1-2H3,(H,18,19,20). The van der Waals surface area contributed by atoms with Gasteiger partial charge in [0.1, 0.15) is 0 Å². The van der Waals surface area contributed by atoms with Gasteiger partial charge >= 0.3 is 0 Å². The molecular formula is C17H31NO2S. The number of carbonyl (C=O) groups excluding carboxylic acids is 2. The molecule has 0 radical (unpaired) electrons. The van der Waals surface area contributed by atoms with Gasteiger partial charge in [0, 0.05) is 0 Å². The van der Waals surface area contributed by atoms with Gasteiger partial charge in [-0.05, 0) is 18.8 Å². The molecular weight excluding hydrogens is 282 g/mol. The van der Waals surface area contributed by atoms with Gasteiger partial charge in [-0.25, -0.2) is 0 Å². The van der Waals surface area contributed by atoms with Crippen LogP contribution in [-0.2, 0) is 4.79 Å². The summed E-state index contributed by atoms with van der Waals surface area (Å²) in [4.78, 5) is 23.3. The highest BCUT2D eigenvalue weighted by molar-refractivity contribution is 8.15. The topological polar surface area (TPSA) is 46.2 Å². The highest BCUT2D eigenvalue weighted by Gasteiger charge is 2.37. The lowest BCUT2D eigenvalue weighted by atomic mass is 9.91. The molecule has 1 heterocycles. The van der Waals surface area contributed by atoms with E-state index >= 15 is 0 Å². The fourth-order valence-electron chi connectivity index (χ4n) is 2.97. The van der Waals surface area contributed by atoms with Crippen molar-refractivity contribution < 1.29 is 9.59 Å². The summed E-state index contributed by atoms with van der Waals surface area (Å²) < 4.78 is 0. The molecule has 1 rings (SSSR count). The Morgan fingerprint density at radius 3 is 1.90 bits per heavy atom. The number of nitrogens with one attached hydrogen (secondary N) is 1. The fraction of sp³-hybridized carbons (Fsp3) is 0.882. The average molecular weight is 314 g/mol. The van der Waals surface area contributed by atoms with Crippen LogP contribution < -0.4 is 5.32 Å². The normalized spacial score (nSPS) is 19.8. The monoisotopic (exact) mass is 313 g/mol. The summed E-state index contributed by atoms with van der Waals surface area (Å²) in [6.07, 6.45) is 13.4. The second-order valence-electron chi connectivity index (χ2n) is 6.13. The quantitative estimate of drug-likeness (QED) is 0.498. The van der Waals surface area contributed by atoms with Crippen LogP contribution in [-0.4, -0.2) is 16.4 Å². The third-order valence-corrected chi connectivity index (χ3v) is 5.42. The van der Waals surface area contributed by atoms with E-state index in [1.54, 1.807) is 0 Å². The molecule has 1 fully saturated rings. The molecule has 2 atom stereocenters. The summed E-state index contributed by atoms with van der Waals surface area (Å²) >= 11 is 1.21. The van der Waals surface area contributed by atoms with Crippen molar-refractivity contribution in [3.63, 3.8) is 0 Å². The molecule has 1 N–H and O–H groups in total. The van der Waals surface area contributed by atoms with Crippen molar-refractivity contribution in [3.05, 3.63) is 0 Å². The maximum absolute atomic E-state index is 11.9. The van der Waals surface area contributed by atoms with Gasteiger partial charge in [-0.3, -0.25) is 14.9 Å². The van der Waals surface area contributed by atoms with Crippen LogP contribution in [0.25, 0.3) is 0 Å². The van der Waals surface area contributed by atoms with Crippen molar-refractivity contribution in [2.75, 3.05) is 0 Å². The first-order valence-electron chi connectivity index (χ1n) is 8.70. The Bertz CT molecular complexity index is 320. The van der Waals surface area contributed by atoms with Gasteiger partial charge in [-0.15, -0.1) is 0 Å². The molecule has 1 aliphatic rings. The van der Waals surface area contributed by atoms with Gasteiger partial charge in [-0.1, -0.05) is 83.4 Å². The molecule has 1 saturated heterocycles. The largest absolute Gasteiger partial charge is 0.286 e. The fourth-order valence-corrected chi connectivity index (χ4v) is 3.99. The number of amides is 2. The van der Waals surface area contributed by atoms with Crippen LogP contribution in [0.4, 0.5) is 4.79 Å². The van der Waals surface area contributed by atoms with Crippen LogP contribution in [0.5, 0.6) is 0 Å². The number of carbonyl (C=O) groups is 2. The Hall–Kier alpha value is -0.510. The van der Waals surface area contributed by atoms with Crippen LogP contribution >= 0.6 is 11.8 Å². The van der Waals surface area contributed by atoms with Crippen molar-refractivity contribution in [2.24, 2.45) is 5.92 Å². The molecule has 0 aromatic carbocycles. The van der Waals surface area contributed by atoms with E-state index in [0.717, 1.165) is 12.8 Å². The second kappa shape index (κ2) is 11.1. The molecule has 2 amide bonds. The van der Waals surface area contributed by atoms with E-state index in [-0.39, 0.29) is 16.4 Å². The molecule has 1 aliphatic heterocycles. The summed E-state index contributed by atoms with van der Waals surface area (Å²) in [6.45, 7) is 4.44. The first-order chi connectivity index (χ1) is 10.2. The minimum atomic E-state index is -0.158. The summed E-state index contributed by atoms with van der Waals surface area (Å²) in [5.74, 6) is 0.319. The van der Waals surface area contributed by atoms with E-state index in [9.17, 15) is 9.59 Å². The number of unbranched alkanes of at least 4 members (excludes halogenated alkanes) is 7. The van der Waals surface area contributed by atoms with E-state index < -0.39 is 0 Å². The molecule has 0 saturated carbocycles. The first-order valence-corrected chi connectivity index (χ1v) is 9.58. The maximum atomic E-state index is 11.9. The number of hydrogen-bond acceptors (Lipinski definition) is 3. The molecule has 2 unspecified atom stereocenters. The predicted octanol–water partition coefficient (Wildman–Crippen LogP) is 5.29. The zero-order valence-corrected chi connectivity index (χ0v) is 14.5. The lowest BCUT2D eigenvalue weighted by Crippen LogP contribution is -2.29. The van der Waals surface area contributed by atoms with Crippen LogP contribution in [0.2, 0.25) is 0 Å². The van der Waals surface area contributed by atoms with E-state index in [1.807, 2.05) is 0 Å². The van der Waals surface area contributed by atoms with E-state index in [0.29, 0.717) is 5.92 Å². The maximum Gasteiger partial charge on any atom is 0.286 e. The lowest BCUT2D eigenvalue weighted by Gasteiger charge is -2.20. The second-order valence-corrected chi connectivity index (χ2v) is 7.24. The first kappa shape index (κ1) is 18.5. The third-order valence-electron chi connectivity index (χ3n) is 4.25. The Labute approximate surface area is 134 Å². The lowest BCUT2D eigenvalue weighted by molar-refractivity contribution is -0.119. The molecule has 0 aromatic heterocycles. The Kier molecular flexibility index (Phi) is 9.81. The molecule has 0 bridgehead atoms. The van der Waals surface area contributed by atoms with Gasteiger partial charge < -0.3 is 0 Å². The number of imide groups is 1. The highest BCUT2D eigenvalue weighted by atomic mass is 32.2. The smallest absolute Gasteiger partial charge is 0.286 e. The third kappa shape index (κ3) is 7.35. The molecule has 0 aromatic rings. The SMILES string of the molecule is CCCCCCCC(CCCCCC)C1SC(=O)NC1=O. The molecule has 4 heteroatoms. The van der Waals surface area contributed by atoms with E-state index in [4.69, 9.17) is 0 Å². The highest BCUT2D eigenvalue weighted by Crippen LogP contribution is 2.33. The van der Waals surface area contributed by atoms with Gasteiger partial charge in [0.15, 0.2) is 0 Å².